The SMILES string of the molecule is C[C@@H](Nc1ncc2c[nH]c(=O)cc2n1)c1cccc(S(F)(F)(F)(F)F)c1. The maximum Gasteiger partial charge on any atom is 0.310 e. The minimum atomic E-state index is -9.75. The molecule has 0 fully saturated rings. The van der Waals surface area contributed by atoms with Crippen LogP contribution in [0.5, 0.6) is 0 Å². The average molecular weight is 392 g/mol. The molecule has 0 aliphatic rings. The number of nitrogens with one attached hydrogen (secondary N) is 2. The minimum absolute atomic E-state index is 0.00893. The fourth-order valence-electron chi connectivity index (χ4n) is 2.32. The highest BCUT2D eigenvalue weighted by molar-refractivity contribution is 8.45. The largest absolute Gasteiger partial charge is 0.348 e. The van der Waals surface area contributed by atoms with Crippen LogP contribution in [0.25, 0.3) is 10.9 Å². The highest BCUT2D eigenvalue weighted by Gasteiger charge is 2.65. The van der Waals surface area contributed by atoms with Crippen LogP contribution in [0.15, 0.2) is 52.4 Å². The van der Waals surface area contributed by atoms with Gasteiger partial charge in [-0.3, -0.25) is 4.79 Å². The first kappa shape index (κ1) is 18.1. The van der Waals surface area contributed by atoms with Crippen LogP contribution in [0.3, 0.4) is 0 Å². The van der Waals surface area contributed by atoms with Crippen LogP contribution in [0.1, 0.15) is 18.5 Å². The lowest BCUT2D eigenvalue weighted by Crippen LogP contribution is -2.12. The normalized spacial score (nSPS) is 15.9. The van der Waals surface area contributed by atoms with Gasteiger partial charge in [-0.1, -0.05) is 31.6 Å². The fourth-order valence-corrected chi connectivity index (χ4v) is 3.01. The number of fused-ring (bicyclic) bond motifs is 1. The molecule has 1 aromatic carbocycles. The number of hydrogen-bond donors (Lipinski definition) is 2. The summed E-state index contributed by atoms with van der Waals surface area (Å²) in [4.78, 5) is 19.9. The van der Waals surface area contributed by atoms with Crippen molar-refractivity contribution in [2.24, 2.45) is 0 Å². The molecule has 5 nitrogen and oxygen atoms in total. The molecular formula is C15H13F5N4OS. The van der Waals surface area contributed by atoms with Crippen LogP contribution in [-0.4, -0.2) is 15.0 Å². The molecule has 0 aliphatic heterocycles. The number of halogens is 5. The molecule has 2 heterocycles. The third-order valence-electron chi connectivity index (χ3n) is 3.63. The third kappa shape index (κ3) is 3.93. The van der Waals surface area contributed by atoms with E-state index in [4.69, 9.17) is 0 Å². The van der Waals surface area contributed by atoms with E-state index in [9.17, 15) is 24.2 Å². The van der Waals surface area contributed by atoms with Gasteiger partial charge in [-0.15, -0.1) is 0 Å². The third-order valence-corrected chi connectivity index (χ3v) is 4.78. The lowest BCUT2D eigenvalue weighted by atomic mass is 10.1. The molecule has 0 radical (unpaired) electrons. The number of nitrogens with zero attached hydrogens (tertiary/aromatic N) is 2. The first-order chi connectivity index (χ1) is 11.8. The zero-order chi connectivity index (χ0) is 19.2. The Morgan fingerprint density at radius 3 is 2.58 bits per heavy atom. The van der Waals surface area contributed by atoms with E-state index in [1.54, 1.807) is 0 Å². The van der Waals surface area contributed by atoms with E-state index in [1.165, 1.54) is 31.5 Å². The van der Waals surface area contributed by atoms with Gasteiger partial charge in [-0.25, -0.2) is 9.97 Å². The molecule has 3 aromatic rings. The summed E-state index contributed by atoms with van der Waals surface area (Å²) in [6, 6.07) is 3.41. The Kier molecular flexibility index (Phi) is 3.59. The second-order valence-electron chi connectivity index (χ2n) is 5.74. The van der Waals surface area contributed by atoms with Crippen LogP contribution in [0.4, 0.5) is 25.4 Å². The summed E-state index contributed by atoms with van der Waals surface area (Å²) in [5.41, 5.74) is -0.0525. The number of anilines is 1. The highest BCUT2D eigenvalue weighted by atomic mass is 32.5. The van der Waals surface area contributed by atoms with E-state index in [0.29, 0.717) is 23.0 Å². The van der Waals surface area contributed by atoms with Gasteiger partial charge in [0.15, 0.2) is 0 Å². The van der Waals surface area contributed by atoms with Crippen LogP contribution >= 0.6 is 10.2 Å². The van der Waals surface area contributed by atoms with Gasteiger partial charge in [0.05, 0.1) is 11.6 Å². The molecule has 2 N–H and O–H groups in total. The summed E-state index contributed by atoms with van der Waals surface area (Å²) in [7, 11) is -9.75. The fraction of sp³-hybridized carbons (Fsp3) is 0.133. The van der Waals surface area contributed by atoms with Gasteiger partial charge in [0.2, 0.25) is 11.5 Å². The van der Waals surface area contributed by atoms with Crippen molar-refractivity contribution in [3.63, 3.8) is 0 Å². The highest BCUT2D eigenvalue weighted by Crippen LogP contribution is 3.02. The second kappa shape index (κ2) is 5.16. The van der Waals surface area contributed by atoms with E-state index >= 15 is 0 Å². The van der Waals surface area contributed by atoms with E-state index in [2.05, 4.69) is 20.3 Å². The lowest BCUT2D eigenvalue weighted by molar-refractivity contribution is 0.364. The molecule has 0 spiro atoms. The minimum Gasteiger partial charge on any atom is -0.348 e. The zero-order valence-electron chi connectivity index (χ0n) is 13.2. The maximum atomic E-state index is 13.0. The Morgan fingerprint density at radius 1 is 1.15 bits per heavy atom. The Bertz CT molecular complexity index is 1050. The molecule has 0 aliphatic carbocycles. The predicted molar refractivity (Wildman–Crippen MR) is 90.0 cm³/mol. The van der Waals surface area contributed by atoms with Crippen molar-refractivity contribution in [2.75, 3.05) is 5.32 Å². The summed E-state index contributed by atoms with van der Waals surface area (Å²) in [5, 5.41) is 3.30. The number of H-pyrrole nitrogens is 1. The average Bonchev–Trinajstić information content (AvgIpc) is 2.52. The molecule has 11 heteroatoms. The zero-order valence-corrected chi connectivity index (χ0v) is 14.0. The molecule has 0 bridgehead atoms. The number of pyridine rings is 1. The molecule has 0 saturated carbocycles. The summed E-state index contributed by atoms with van der Waals surface area (Å²) in [6.45, 7) is 1.48. The van der Waals surface area contributed by atoms with Crippen LogP contribution in [0.2, 0.25) is 0 Å². The summed E-state index contributed by atoms with van der Waals surface area (Å²) < 4.78 is 64.8. The number of rotatable bonds is 4. The summed E-state index contributed by atoms with van der Waals surface area (Å²) in [6.07, 6.45) is 2.83. The molecule has 0 unspecified atom stereocenters. The van der Waals surface area contributed by atoms with Crippen molar-refractivity contribution >= 4 is 27.1 Å². The van der Waals surface area contributed by atoms with Gasteiger partial charge in [0.25, 0.3) is 0 Å². The van der Waals surface area contributed by atoms with E-state index in [0.717, 1.165) is 6.07 Å². The van der Waals surface area contributed by atoms with Gasteiger partial charge in [0, 0.05) is 23.8 Å². The standard InChI is InChI=1S/C15H13F5N4OS/c1-9(10-3-2-4-12(5-10)26(16,17,18,19)20)23-15-22-8-11-7-21-14(25)6-13(11)24-15/h2-9H,1H3,(H,21,25)(H,22,23,24)/t9-/m1/s1. The quantitative estimate of drug-likeness (QED) is 0.603. The number of benzene rings is 1. The van der Waals surface area contributed by atoms with E-state index in [1.807, 2.05) is 0 Å². The topological polar surface area (TPSA) is 70.7 Å². The summed E-state index contributed by atoms with van der Waals surface area (Å²) in [5.74, 6) is 0.0494. The van der Waals surface area contributed by atoms with Crippen LogP contribution < -0.4 is 10.9 Å². The van der Waals surface area contributed by atoms with Crippen LogP contribution in [-0.2, 0) is 0 Å². The Hall–Kier alpha value is -2.69. The van der Waals surface area contributed by atoms with Crippen molar-refractivity contribution in [2.45, 2.75) is 17.9 Å². The van der Waals surface area contributed by atoms with Gasteiger partial charge < -0.3 is 10.3 Å². The Labute approximate surface area is 144 Å². The van der Waals surface area contributed by atoms with Crippen molar-refractivity contribution in [1.29, 1.82) is 0 Å². The smallest absolute Gasteiger partial charge is 0.310 e. The molecule has 1 atom stereocenters. The molecule has 3 rings (SSSR count). The molecule has 0 saturated heterocycles. The molecule has 0 amide bonds. The van der Waals surface area contributed by atoms with Crippen molar-refractivity contribution in [3.8, 4) is 0 Å². The van der Waals surface area contributed by atoms with Gasteiger partial charge in [-0.2, -0.15) is 0 Å². The number of hydrogen-bond acceptors (Lipinski definition) is 4. The monoisotopic (exact) mass is 392 g/mol. The maximum absolute atomic E-state index is 13.0. The summed E-state index contributed by atoms with van der Waals surface area (Å²) >= 11 is 0. The van der Waals surface area contributed by atoms with Gasteiger partial charge in [0.1, 0.15) is 4.90 Å². The molecular weight excluding hydrogens is 379 g/mol. The Morgan fingerprint density at radius 2 is 1.88 bits per heavy atom. The predicted octanol–water partition coefficient (Wildman–Crippen LogP) is 5.15. The first-order valence-corrected chi connectivity index (χ1v) is 9.23. The van der Waals surface area contributed by atoms with Crippen LogP contribution in [0, 0.1) is 0 Å². The van der Waals surface area contributed by atoms with E-state index in [-0.39, 0.29) is 17.1 Å². The lowest BCUT2D eigenvalue weighted by Gasteiger charge is -2.40. The Balaban J connectivity index is 1.91. The molecule has 2 aromatic heterocycles. The van der Waals surface area contributed by atoms with Crippen molar-refractivity contribution < 1.29 is 19.4 Å². The molecule has 140 valence electrons. The van der Waals surface area contributed by atoms with E-state index < -0.39 is 21.2 Å². The van der Waals surface area contributed by atoms with Gasteiger partial charge >= 0.3 is 10.2 Å². The van der Waals surface area contributed by atoms with Gasteiger partial charge in [-0.05, 0) is 24.6 Å². The first-order valence-electron chi connectivity index (χ1n) is 7.28. The molecule has 26 heavy (non-hydrogen) atoms. The number of aromatic amines is 1. The second-order valence-corrected chi connectivity index (χ2v) is 8.15. The number of aromatic nitrogens is 3. The van der Waals surface area contributed by atoms with Crippen molar-refractivity contribution in [1.82, 2.24) is 15.0 Å². The van der Waals surface area contributed by atoms with Crippen molar-refractivity contribution in [3.05, 3.63) is 58.6 Å².